The van der Waals surface area contributed by atoms with Crippen LogP contribution < -0.4 is 10.3 Å². The minimum absolute atomic E-state index is 0.142. The Morgan fingerprint density at radius 3 is 2.84 bits per heavy atom. The fraction of sp³-hybridized carbons (Fsp3) is 0.111. The van der Waals surface area contributed by atoms with Gasteiger partial charge in [0.1, 0.15) is 18.1 Å². The Labute approximate surface area is 149 Å². The molecular formula is C18H16N4O2S. The molecule has 0 fully saturated rings. The van der Waals surface area contributed by atoms with Gasteiger partial charge >= 0.3 is 0 Å². The lowest BCUT2D eigenvalue weighted by atomic mass is 10.2. The quantitative estimate of drug-likeness (QED) is 0.566. The number of aromatic amines is 1. The van der Waals surface area contributed by atoms with Gasteiger partial charge in [0.05, 0.1) is 6.21 Å². The largest absolute Gasteiger partial charge is 0.489 e. The second-order valence-electron chi connectivity index (χ2n) is 5.32. The smallest absolute Gasteiger partial charge is 0.296 e. The third-order valence-electron chi connectivity index (χ3n) is 3.44. The van der Waals surface area contributed by atoms with Crippen molar-refractivity contribution in [2.45, 2.75) is 13.5 Å². The molecule has 2 aromatic carbocycles. The molecule has 0 saturated heterocycles. The average molecular weight is 352 g/mol. The number of benzene rings is 2. The summed E-state index contributed by atoms with van der Waals surface area (Å²) in [5, 5.41) is 10.5. The Kier molecular flexibility index (Phi) is 5.15. The number of H-pyrrole nitrogens is 1. The van der Waals surface area contributed by atoms with Crippen molar-refractivity contribution in [3.05, 3.63) is 86.5 Å². The summed E-state index contributed by atoms with van der Waals surface area (Å²) in [7, 11) is 0. The van der Waals surface area contributed by atoms with Crippen LogP contribution in [0.25, 0.3) is 0 Å². The molecule has 1 N–H and O–H groups in total. The van der Waals surface area contributed by atoms with E-state index in [4.69, 9.17) is 17.0 Å². The van der Waals surface area contributed by atoms with Crippen molar-refractivity contribution in [3.8, 4) is 5.75 Å². The maximum absolute atomic E-state index is 12.0. The minimum atomic E-state index is -0.350. The van der Waals surface area contributed by atoms with E-state index in [-0.39, 0.29) is 10.3 Å². The lowest BCUT2D eigenvalue weighted by Gasteiger charge is -2.06. The number of nitrogens with zero attached hydrogens (tertiary/aromatic N) is 3. The van der Waals surface area contributed by atoms with E-state index < -0.39 is 0 Å². The van der Waals surface area contributed by atoms with Crippen LogP contribution >= 0.6 is 12.2 Å². The molecule has 126 valence electrons. The molecule has 0 radical (unpaired) electrons. The topological polar surface area (TPSA) is 72.3 Å². The molecule has 7 heteroatoms. The molecule has 0 atom stereocenters. The molecule has 0 unspecified atom stereocenters. The van der Waals surface area contributed by atoms with Gasteiger partial charge in [0.2, 0.25) is 4.77 Å². The van der Waals surface area contributed by atoms with Crippen molar-refractivity contribution in [2.75, 3.05) is 0 Å². The van der Waals surface area contributed by atoms with Gasteiger partial charge in [-0.1, -0.05) is 42.5 Å². The Balaban J connectivity index is 1.77. The molecule has 6 nitrogen and oxygen atoms in total. The zero-order chi connectivity index (χ0) is 17.6. The van der Waals surface area contributed by atoms with Crippen LogP contribution in [0, 0.1) is 11.7 Å². The van der Waals surface area contributed by atoms with Gasteiger partial charge in [0.25, 0.3) is 5.56 Å². The third kappa shape index (κ3) is 4.27. The van der Waals surface area contributed by atoms with Gasteiger partial charge in [-0.2, -0.15) is 14.9 Å². The van der Waals surface area contributed by atoms with Crippen molar-refractivity contribution in [1.82, 2.24) is 14.9 Å². The number of hydrogen-bond donors (Lipinski definition) is 1. The minimum Gasteiger partial charge on any atom is -0.489 e. The first-order valence-electron chi connectivity index (χ1n) is 7.63. The molecule has 3 aromatic rings. The molecule has 0 aliphatic rings. The summed E-state index contributed by atoms with van der Waals surface area (Å²) in [5.74, 6) is 0.719. The summed E-state index contributed by atoms with van der Waals surface area (Å²) in [6.07, 6.45) is 1.56. The fourth-order valence-electron chi connectivity index (χ4n) is 2.13. The Morgan fingerprint density at radius 2 is 2.04 bits per heavy atom. The highest BCUT2D eigenvalue weighted by Gasteiger charge is 2.01. The number of ether oxygens (including phenoxy) is 1. The molecule has 3 rings (SSSR count). The van der Waals surface area contributed by atoms with E-state index in [1.807, 2.05) is 54.6 Å². The van der Waals surface area contributed by atoms with Crippen molar-refractivity contribution >= 4 is 18.4 Å². The maximum atomic E-state index is 12.0. The van der Waals surface area contributed by atoms with Crippen molar-refractivity contribution in [1.29, 1.82) is 0 Å². The van der Waals surface area contributed by atoms with Crippen LogP contribution in [0.4, 0.5) is 0 Å². The zero-order valence-corrected chi connectivity index (χ0v) is 14.4. The van der Waals surface area contributed by atoms with Gasteiger partial charge in [-0.05, 0) is 42.4 Å². The molecule has 0 aliphatic heterocycles. The second kappa shape index (κ2) is 7.67. The maximum Gasteiger partial charge on any atom is 0.296 e. The summed E-state index contributed by atoms with van der Waals surface area (Å²) in [4.78, 5) is 12.0. The summed E-state index contributed by atoms with van der Waals surface area (Å²) in [5.41, 5.74) is 1.83. The van der Waals surface area contributed by atoms with E-state index >= 15 is 0 Å². The van der Waals surface area contributed by atoms with E-state index in [0.717, 1.165) is 21.6 Å². The monoisotopic (exact) mass is 352 g/mol. The molecule has 0 saturated carbocycles. The first kappa shape index (κ1) is 16.8. The lowest BCUT2D eigenvalue weighted by Crippen LogP contribution is -2.22. The predicted octanol–water partition coefficient (Wildman–Crippen LogP) is 3.07. The molecule has 0 amide bonds. The van der Waals surface area contributed by atoms with Gasteiger partial charge in [-0.25, -0.2) is 0 Å². The summed E-state index contributed by atoms with van der Waals surface area (Å²) in [6.45, 7) is 2.08. The van der Waals surface area contributed by atoms with Crippen molar-refractivity contribution in [2.24, 2.45) is 5.10 Å². The van der Waals surface area contributed by atoms with E-state index in [1.54, 1.807) is 13.1 Å². The van der Waals surface area contributed by atoms with E-state index in [1.165, 1.54) is 0 Å². The van der Waals surface area contributed by atoms with Gasteiger partial charge in [0.15, 0.2) is 0 Å². The van der Waals surface area contributed by atoms with Crippen molar-refractivity contribution in [3.63, 3.8) is 0 Å². The van der Waals surface area contributed by atoms with Gasteiger partial charge in [-0.15, -0.1) is 0 Å². The third-order valence-corrected chi connectivity index (χ3v) is 3.71. The number of aryl methyl sites for hydroxylation is 1. The van der Waals surface area contributed by atoms with Gasteiger partial charge in [0, 0.05) is 0 Å². The van der Waals surface area contributed by atoms with Gasteiger partial charge in [-0.3, -0.25) is 9.89 Å². The summed E-state index contributed by atoms with van der Waals surface area (Å²) < 4.78 is 7.03. The van der Waals surface area contributed by atoms with Crippen LogP contribution in [0.1, 0.15) is 16.8 Å². The number of aromatic nitrogens is 3. The standard InChI is InChI=1S/C18H16N4O2S/c1-13-17(23)22(18(25)21-20-13)19-11-15-8-5-9-16(10-15)24-12-14-6-3-2-4-7-14/h2-11H,12H2,1H3,(H,21,25). The first-order valence-corrected chi connectivity index (χ1v) is 8.04. The fourth-order valence-corrected chi connectivity index (χ4v) is 2.30. The van der Waals surface area contributed by atoms with E-state index in [0.29, 0.717) is 12.3 Å². The highest BCUT2D eigenvalue weighted by atomic mass is 32.1. The Morgan fingerprint density at radius 1 is 1.24 bits per heavy atom. The van der Waals surface area contributed by atoms with Crippen molar-refractivity contribution < 1.29 is 4.74 Å². The molecule has 1 heterocycles. The molecule has 0 spiro atoms. The second-order valence-corrected chi connectivity index (χ2v) is 5.71. The first-order chi connectivity index (χ1) is 12.1. The summed E-state index contributed by atoms with van der Waals surface area (Å²) >= 11 is 5.04. The Bertz CT molecular complexity index is 1010. The van der Waals surface area contributed by atoms with Crippen LogP contribution in [0.3, 0.4) is 0 Å². The molecule has 0 aliphatic carbocycles. The van der Waals surface area contributed by atoms with E-state index in [2.05, 4.69) is 15.3 Å². The molecule has 1 aromatic heterocycles. The van der Waals surface area contributed by atoms with Gasteiger partial charge < -0.3 is 4.74 Å². The van der Waals surface area contributed by atoms with Crippen LogP contribution in [-0.4, -0.2) is 21.1 Å². The zero-order valence-electron chi connectivity index (χ0n) is 13.5. The van der Waals surface area contributed by atoms with Crippen LogP contribution in [0.2, 0.25) is 0 Å². The molecule has 0 bridgehead atoms. The normalized spacial score (nSPS) is 10.9. The molecular weight excluding hydrogens is 336 g/mol. The summed E-state index contributed by atoms with van der Waals surface area (Å²) in [6, 6.07) is 17.4. The molecule has 25 heavy (non-hydrogen) atoms. The highest BCUT2D eigenvalue weighted by molar-refractivity contribution is 7.71. The van der Waals surface area contributed by atoms with Crippen LogP contribution in [0.15, 0.2) is 64.5 Å². The number of nitrogens with one attached hydrogen (secondary N) is 1. The SMILES string of the molecule is Cc1n[nH]c(=S)n(N=Cc2cccc(OCc3ccccc3)c2)c1=O. The highest BCUT2D eigenvalue weighted by Crippen LogP contribution is 2.14. The Hall–Kier alpha value is -3.06. The lowest BCUT2D eigenvalue weighted by molar-refractivity contribution is 0.306. The number of hydrogen-bond acceptors (Lipinski definition) is 5. The average Bonchev–Trinajstić information content (AvgIpc) is 2.64. The predicted molar refractivity (Wildman–Crippen MR) is 98.6 cm³/mol. The number of rotatable bonds is 5. The van der Waals surface area contributed by atoms with E-state index in [9.17, 15) is 4.79 Å². The van der Waals surface area contributed by atoms with Crippen LogP contribution in [0.5, 0.6) is 5.75 Å². The van der Waals surface area contributed by atoms with Crippen LogP contribution in [-0.2, 0) is 6.61 Å².